The molecule has 5 rings (SSSR count). The number of hydrogen-bond acceptors (Lipinski definition) is 3. The number of anilines is 1. The van der Waals surface area contributed by atoms with Gasteiger partial charge in [0.2, 0.25) is 0 Å². The number of nitrogens with zero attached hydrogens (tertiary/aromatic N) is 3. The number of rotatable bonds is 6. The molecule has 0 fully saturated rings. The monoisotopic (exact) mass is 498 g/mol. The van der Waals surface area contributed by atoms with Crippen LogP contribution < -0.4 is 10.2 Å². The lowest BCUT2D eigenvalue weighted by Gasteiger charge is -2.23. The third-order valence-corrected chi connectivity index (χ3v) is 6.78. The Labute approximate surface area is 215 Å². The number of aryl methyl sites for hydroxylation is 1. The topological polar surface area (TPSA) is 67.2 Å². The van der Waals surface area contributed by atoms with Gasteiger partial charge >= 0.3 is 0 Å². The summed E-state index contributed by atoms with van der Waals surface area (Å²) < 4.78 is 1.97. The third-order valence-electron chi connectivity index (χ3n) is 6.53. The minimum absolute atomic E-state index is 0.211. The SMILES string of the molecule is CN(C(=O)c1ccccc1)c1nc2n(c1C(=O)NC(c1ccccc1)c1ccc(Cl)cc1)CCCC2. The van der Waals surface area contributed by atoms with Crippen molar-refractivity contribution >= 4 is 29.2 Å². The molecule has 1 N–H and O–H groups in total. The van der Waals surface area contributed by atoms with Gasteiger partial charge in [-0.1, -0.05) is 72.3 Å². The molecule has 1 unspecified atom stereocenters. The van der Waals surface area contributed by atoms with Crippen LogP contribution in [0.2, 0.25) is 5.02 Å². The normalized spacial score (nSPS) is 13.5. The highest BCUT2D eigenvalue weighted by atomic mass is 35.5. The summed E-state index contributed by atoms with van der Waals surface area (Å²) in [5, 5.41) is 3.84. The molecule has 2 amide bonds. The summed E-state index contributed by atoms with van der Waals surface area (Å²) >= 11 is 6.13. The van der Waals surface area contributed by atoms with Crippen LogP contribution in [-0.4, -0.2) is 28.4 Å². The summed E-state index contributed by atoms with van der Waals surface area (Å²) in [4.78, 5) is 33.5. The summed E-state index contributed by atoms with van der Waals surface area (Å²) in [7, 11) is 1.67. The summed E-state index contributed by atoms with van der Waals surface area (Å²) in [6.45, 7) is 0.690. The van der Waals surface area contributed by atoms with Crippen molar-refractivity contribution < 1.29 is 9.59 Å². The zero-order chi connectivity index (χ0) is 25.1. The van der Waals surface area contributed by atoms with E-state index in [1.165, 1.54) is 4.90 Å². The second-order valence-corrected chi connectivity index (χ2v) is 9.34. The zero-order valence-electron chi connectivity index (χ0n) is 20.0. The smallest absolute Gasteiger partial charge is 0.272 e. The average molecular weight is 499 g/mol. The highest BCUT2D eigenvalue weighted by Crippen LogP contribution is 2.29. The molecule has 1 aliphatic heterocycles. The molecule has 1 atom stereocenters. The Morgan fingerprint density at radius 1 is 0.917 bits per heavy atom. The summed E-state index contributed by atoms with van der Waals surface area (Å²) in [6, 6.07) is 25.9. The van der Waals surface area contributed by atoms with Crippen LogP contribution in [0, 0.1) is 0 Å². The van der Waals surface area contributed by atoms with E-state index in [0.717, 1.165) is 36.2 Å². The van der Waals surface area contributed by atoms with Gasteiger partial charge in [0.25, 0.3) is 11.8 Å². The predicted molar refractivity (Wildman–Crippen MR) is 142 cm³/mol. The molecule has 7 heteroatoms. The second-order valence-electron chi connectivity index (χ2n) is 8.91. The maximum Gasteiger partial charge on any atom is 0.272 e. The maximum absolute atomic E-state index is 14.0. The molecule has 3 aromatic carbocycles. The quantitative estimate of drug-likeness (QED) is 0.372. The lowest BCUT2D eigenvalue weighted by molar-refractivity contribution is 0.0933. The summed E-state index contributed by atoms with van der Waals surface area (Å²) in [5.74, 6) is 0.720. The lowest BCUT2D eigenvalue weighted by Crippen LogP contribution is -2.34. The van der Waals surface area contributed by atoms with Gasteiger partial charge in [-0.3, -0.25) is 14.5 Å². The number of carbonyl (C=O) groups is 2. The van der Waals surface area contributed by atoms with Gasteiger partial charge in [-0.05, 0) is 48.2 Å². The molecule has 1 aromatic heterocycles. The summed E-state index contributed by atoms with van der Waals surface area (Å²) in [6.07, 6.45) is 2.73. The fourth-order valence-electron chi connectivity index (χ4n) is 4.66. The molecule has 0 radical (unpaired) electrons. The van der Waals surface area contributed by atoms with E-state index in [0.29, 0.717) is 28.6 Å². The largest absolute Gasteiger partial charge is 0.340 e. The number of imidazole rings is 1. The Balaban J connectivity index is 1.54. The number of aromatic nitrogens is 2. The zero-order valence-corrected chi connectivity index (χ0v) is 20.8. The van der Waals surface area contributed by atoms with E-state index in [-0.39, 0.29) is 11.8 Å². The van der Waals surface area contributed by atoms with E-state index in [1.807, 2.05) is 77.4 Å². The molecule has 36 heavy (non-hydrogen) atoms. The van der Waals surface area contributed by atoms with Gasteiger partial charge in [0.15, 0.2) is 11.5 Å². The summed E-state index contributed by atoms with van der Waals surface area (Å²) in [5.41, 5.74) is 2.81. The molecular weight excluding hydrogens is 472 g/mol. The van der Waals surface area contributed by atoms with Crippen LogP contribution in [0.5, 0.6) is 0 Å². The molecule has 4 aromatic rings. The van der Waals surface area contributed by atoms with Crippen molar-refractivity contribution in [2.75, 3.05) is 11.9 Å². The van der Waals surface area contributed by atoms with Gasteiger partial charge in [-0.2, -0.15) is 0 Å². The van der Waals surface area contributed by atoms with Crippen LogP contribution >= 0.6 is 11.6 Å². The first-order chi connectivity index (χ1) is 17.5. The Morgan fingerprint density at radius 3 is 2.25 bits per heavy atom. The number of fused-ring (bicyclic) bond motifs is 1. The molecule has 2 heterocycles. The van der Waals surface area contributed by atoms with Crippen molar-refractivity contribution in [3.05, 3.63) is 118 Å². The van der Waals surface area contributed by atoms with Gasteiger partial charge < -0.3 is 9.88 Å². The maximum atomic E-state index is 14.0. The highest BCUT2D eigenvalue weighted by Gasteiger charge is 2.31. The van der Waals surface area contributed by atoms with Crippen LogP contribution in [0.15, 0.2) is 84.9 Å². The van der Waals surface area contributed by atoms with E-state index < -0.39 is 6.04 Å². The Kier molecular flexibility index (Phi) is 6.87. The number of carbonyl (C=O) groups excluding carboxylic acids is 2. The standard InChI is InChI=1S/C29H27ClN4O2/c1-33(29(36)22-12-6-3-7-13-22)27-26(34-19-9-8-14-24(34)31-27)28(35)32-25(20-10-4-2-5-11-20)21-15-17-23(30)18-16-21/h2-7,10-13,15-18,25H,8-9,14,19H2,1H3,(H,32,35). The van der Waals surface area contributed by atoms with Crippen LogP contribution in [0.1, 0.15) is 56.7 Å². The van der Waals surface area contributed by atoms with Crippen molar-refractivity contribution in [3.63, 3.8) is 0 Å². The molecule has 0 saturated heterocycles. The van der Waals surface area contributed by atoms with Crippen LogP contribution in [-0.2, 0) is 13.0 Å². The van der Waals surface area contributed by atoms with E-state index in [1.54, 1.807) is 19.2 Å². The van der Waals surface area contributed by atoms with E-state index in [2.05, 4.69) is 5.32 Å². The number of benzene rings is 3. The van der Waals surface area contributed by atoms with Crippen molar-refractivity contribution in [2.24, 2.45) is 0 Å². The second kappa shape index (κ2) is 10.4. The lowest BCUT2D eigenvalue weighted by atomic mass is 9.98. The van der Waals surface area contributed by atoms with Gasteiger partial charge in [0.05, 0.1) is 6.04 Å². The fraction of sp³-hybridized carbons (Fsp3) is 0.207. The molecule has 1 aliphatic rings. The Morgan fingerprint density at radius 2 is 1.56 bits per heavy atom. The molecule has 6 nitrogen and oxygen atoms in total. The van der Waals surface area contributed by atoms with E-state index in [9.17, 15) is 9.59 Å². The molecular formula is C29H27ClN4O2. The first kappa shape index (κ1) is 23.8. The minimum atomic E-state index is -0.395. The van der Waals surface area contributed by atoms with Crippen LogP contribution in [0.4, 0.5) is 5.82 Å². The molecule has 0 bridgehead atoms. The Bertz CT molecular complexity index is 1370. The van der Waals surface area contributed by atoms with E-state index in [4.69, 9.17) is 16.6 Å². The molecule has 0 saturated carbocycles. The van der Waals surface area contributed by atoms with Crippen LogP contribution in [0.25, 0.3) is 0 Å². The molecule has 0 spiro atoms. The molecule has 182 valence electrons. The average Bonchev–Trinajstić information content (AvgIpc) is 3.32. The highest BCUT2D eigenvalue weighted by molar-refractivity contribution is 6.30. The van der Waals surface area contributed by atoms with Crippen LogP contribution in [0.3, 0.4) is 0 Å². The van der Waals surface area contributed by atoms with Gasteiger partial charge in [0, 0.05) is 30.6 Å². The first-order valence-corrected chi connectivity index (χ1v) is 12.4. The molecule has 0 aliphatic carbocycles. The van der Waals surface area contributed by atoms with Gasteiger partial charge in [-0.25, -0.2) is 4.98 Å². The van der Waals surface area contributed by atoms with E-state index >= 15 is 0 Å². The number of nitrogens with one attached hydrogen (secondary N) is 1. The van der Waals surface area contributed by atoms with Gasteiger partial charge in [0.1, 0.15) is 5.82 Å². The first-order valence-electron chi connectivity index (χ1n) is 12.1. The van der Waals surface area contributed by atoms with Gasteiger partial charge in [-0.15, -0.1) is 0 Å². The fourth-order valence-corrected chi connectivity index (χ4v) is 4.78. The van der Waals surface area contributed by atoms with Crippen molar-refractivity contribution in [2.45, 2.75) is 31.8 Å². The predicted octanol–water partition coefficient (Wildman–Crippen LogP) is 5.67. The third kappa shape index (κ3) is 4.77. The minimum Gasteiger partial charge on any atom is -0.340 e. The number of halogens is 1. The number of hydrogen-bond donors (Lipinski definition) is 1. The van der Waals surface area contributed by atoms with Crippen molar-refractivity contribution in [1.29, 1.82) is 0 Å². The Hall–Kier alpha value is -3.90. The van der Waals surface area contributed by atoms with Crippen molar-refractivity contribution in [3.8, 4) is 0 Å². The number of amides is 2. The van der Waals surface area contributed by atoms with Crippen molar-refractivity contribution in [1.82, 2.24) is 14.9 Å².